The van der Waals surface area contributed by atoms with E-state index in [2.05, 4.69) is 45.9 Å². The average molecular weight is 290 g/mol. The summed E-state index contributed by atoms with van der Waals surface area (Å²) in [6.07, 6.45) is 15.4. The largest absolute Gasteiger partial charge is 0.386 e. The molecule has 0 heterocycles. The van der Waals surface area contributed by atoms with Crippen molar-refractivity contribution in [1.82, 2.24) is 0 Å². The molecular formula is C20H34O. The van der Waals surface area contributed by atoms with Crippen LogP contribution in [0.15, 0.2) is 35.5 Å². The van der Waals surface area contributed by atoms with E-state index in [1.165, 1.54) is 17.6 Å². The highest BCUT2D eigenvalue weighted by Gasteiger charge is 2.17. The lowest BCUT2D eigenvalue weighted by atomic mass is 9.87. The minimum atomic E-state index is -0.682. The topological polar surface area (TPSA) is 20.2 Å². The third kappa shape index (κ3) is 7.66. The summed E-state index contributed by atoms with van der Waals surface area (Å²) in [5.74, 6) is 1.18. The van der Waals surface area contributed by atoms with E-state index in [9.17, 15) is 5.11 Å². The first-order valence-electron chi connectivity index (χ1n) is 8.53. The highest BCUT2D eigenvalue weighted by atomic mass is 16.3. The second-order valence-corrected chi connectivity index (χ2v) is 7.34. The molecule has 0 bridgehead atoms. The van der Waals surface area contributed by atoms with Crippen LogP contribution in [0.5, 0.6) is 0 Å². The molecule has 1 aliphatic rings. The molecule has 21 heavy (non-hydrogen) atoms. The van der Waals surface area contributed by atoms with Crippen molar-refractivity contribution in [3.8, 4) is 0 Å². The van der Waals surface area contributed by atoms with Gasteiger partial charge in [-0.15, -0.1) is 0 Å². The second kappa shape index (κ2) is 8.58. The van der Waals surface area contributed by atoms with Gasteiger partial charge in [0.05, 0.1) is 5.60 Å². The van der Waals surface area contributed by atoms with Crippen LogP contribution in [-0.2, 0) is 0 Å². The maximum atomic E-state index is 10.5. The van der Waals surface area contributed by atoms with Gasteiger partial charge in [0, 0.05) is 0 Å². The maximum absolute atomic E-state index is 10.5. The molecule has 1 unspecified atom stereocenters. The molecule has 1 rings (SSSR count). The summed E-state index contributed by atoms with van der Waals surface area (Å²) < 4.78 is 0. The Bertz CT molecular complexity index is 396. The first-order chi connectivity index (χ1) is 9.80. The van der Waals surface area contributed by atoms with Crippen LogP contribution in [-0.4, -0.2) is 10.7 Å². The smallest absolute Gasteiger partial charge is 0.0802 e. The molecule has 1 aliphatic carbocycles. The van der Waals surface area contributed by atoms with E-state index in [0.717, 1.165) is 32.1 Å². The minimum absolute atomic E-state index is 0.556. The summed E-state index contributed by atoms with van der Waals surface area (Å²) >= 11 is 0. The predicted octanol–water partition coefficient (Wildman–Crippen LogP) is 5.81. The lowest BCUT2D eigenvalue weighted by Crippen LogP contribution is -2.21. The maximum Gasteiger partial charge on any atom is 0.0802 e. The Morgan fingerprint density at radius 2 is 1.71 bits per heavy atom. The Morgan fingerprint density at radius 3 is 2.38 bits per heavy atom. The van der Waals surface area contributed by atoms with Crippen molar-refractivity contribution in [2.75, 3.05) is 0 Å². The molecule has 0 radical (unpaired) electrons. The van der Waals surface area contributed by atoms with E-state index in [1.807, 2.05) is 13.0 Å². The molecule has 0 aromatic rings. The molecule has 1 N–H and O–H groups in total. The molecule has 1 heteroatoms. The van der Waals surface area contributed by atoms with Gasteiger partial charge < -0.3 is 5.11 Å². The molecule has 0 saturated heterocycles. The molecule has 2 atom stereocenters. The van der Waals surface area contributed by atoms with Crippen LogP contribution in [0.4, 0.5) is 0 Å². The second-order valence-electron chi connectivity index (χ2n) is 7.34. The fourth-order valence-corrected chi connectivity index (χ4v) is 2.82. The summed E-state index contributed by atoms with van der Waals surface area (Å²) in [5, 5.41) is 10.5. The standard InChI is InChI=1S/C20H34O/c1-16(2)19-12-11-18(4)9-6-8-17(3)10-7-14-20(5,21)15-13-19/h9-10,13,15-16,19,21H,6-8,11-12,14H2,1-5H3/t19?,20-/m1/s1. The van der Waals surface area contributed by atoms with Crippen molar-refractivity contribution >= 4 is 0 Å². The zero-order valence-electron chi connectivity index (χ0n) is 14.7. The molecule has 0 aromatic carbocycles. The lowest BCUT2D eigenvalue weighted by molar-refractivity contribution is 0.102. The molecule has 0 saturated carbocycles. The van der Waals surface area contributed by atoms with E-state index < -0.39 is 5.60 Å². The number of hydrogen-bond acceptors (Lipinski definition) is 1. The summed E-state index contributed by atoms with van der Waals surface area (Å²) in [4.78, 5) is 0. The van der Waals surface area contributed by atoms with Gasteiger partial charge in [0.15, 0.2) is 0 Å². The minimum Gasteiger partial charge on any atom is -0.386 e. The van der Waals surface area contributed by atoms with Crippen LogP contribution in [0.2, 0.25) is 0 Å². The highest BCUT2D eigenvalue weighted by molar-refractivity contribution is 5.08. The van der Waals surface area contributed by atoms with Gasteiger partial charge in [0.25, 0.3) is 0 Å². The van der Waals surface area contributed by atoms with E-state index >= 15 is 0 Å². The van der Waals surface area contributed by atoms with Gasteiger partial charge in [-0.2, -0.15) is 0 Å². The SMILES string of the molecule is CC1=CCC[C@@](C)(O)C=CC(C(C)C)CCC(C)=CCC1. The number of allylic oxidation sites excluding steroid dienone is 5. The Hall–Kier alpha value is -0.820. The van der Waals surface area contributed by atoms with Gasteiger partial charge in [0.2, 0.25) is 0 Å². The van der Waals surface area contributed by atoms with Crippen molar-refractivity contribution in [3.05, 3.63) is 35.5 Å². The molecule has 0 aliphatic heterocycles. The van der Waals surface area contributed by atoms with Crippen molar-refractivity contribution in [2.24, 2.45) is 11.8 Å². The quantitative estimate of drug-likeness (QED) is 0.604. The van der Waals surface area contributed by atoms with Gasteiger partial charge in [0.1, 0.15) is 0 Å². The predicted molar refractivity (Wildman–Crippen MR) is 93.3 cm³/mol. The number of hydrogen-bond donors (Lipinski definition) is 1. The van der Waals surface area contributed by atoms with Crippen LogP contribution in [0.1, 0.15) is 73.1 Å². The zero-order valence-corrected chi connectivity index (χ0v) is 14.7. The molecular weight excluding hydrogens is 256 g/mol. The van der Waals surface area contributed by atoms with Crippen LogP contribution in [0, 0.1) is 11.8 Å². The fourth-order valence-electron chi connectivity index (χ4n) is 2.82. The Morgan fingerprint density at radius 1 is 1.10 bits per heavy atom. The van der Waals surface area contributed by atoms with Gasteiger partial charge in [-0.05, 0) is 71.1 Å². The van der Waals surface area contributed by atoms with Crippen molar-refractivity contribution in [2.45, 2.75) is 78.7 Å². The van der Waals surface area contributed by atoms with E-state index in [0.29, 0.717) is 11.8 Å². The van der Waals surface area contributed by atoms with Gasteiger partial charge in [-0.25, -0.2) is 0 Å². The highest BCUT2D eigenvalue weighted by Crippen LogP contribution is 2.25. The van der Waals surface area contributed by atoms with Crippen molar-refractivity contribution < 1.29 is 5.11 Å². The van der Waals surface area contributed by atoms with Crippen LogP contribution in [0.25, 0.3) is 0 Å². The zero-order chi connectivity index (χ0) is 15.9. The fraction of sp³-hybridized carbons (Fsp3) is 0.700. The van der Waals surface area contributed by atoms with Gasteiger partial charge in [-0.3, -0.25) is 0 Å². The lowest BCUT2D eigenvalue weighted by Gasteiger charge is -2.22. The molecule has 0 fully saturated rings. The molecule has 0 spiro atoms. The Kier molecular flexibility index (Phi) is 7.45. The third-order valence-electron chi connectivity index (χ3n) is 4.61. The van der Waals surface area contributed by atoms with Crippen LogP contribution < -0.4 is 0 Å². The summed E-state index contributed by atoms with van der Waals surface area (Å²) in [7, 11) is 0. The van der Waals surface area contributed by atoms with Crippen molar-refractivity contribution in [1.29, 1.82) is 0 Å². The first-order valence-corrected chi connectivity index (χ1v) is 8.53. The third-order valence-corrected chi connectivity index (χ3v) is 4.61. The monoisotopic (exact) mass is 290 g/mol. The Balaban J connectivity index is 2.87. The Labute approximate surface area is 131 Å². The molecule has 1 nitrogen and oxygen atoms in total. The van der Waals surface area contributed by atoms with Gasteiger partial charge in [-0.1, -0.05) is 49.3 Å². The van der Waals surface area contributed by atoms with E-state index in [-0.39, 0.29) is 0 Å². The summed E-state index contributed by atoms with van der Waals surface area (Å²) in [6, 6.07) is 0. The van der Waals surface area contributed by atoms with Crippen molar-refractivity contribution in [3.63, 3.8) is 0 Å². The average Bonchev–Trinajstić information content (AvgIpc) is 2.37. The first kappa shape index (κ1) is 18.2. The number of rotatable bonds is 1. The molecule has 120 valence electrons. The molecule has 0 amide bonds. The molecule has 0 aromatic heterocycles. The van der Waals surface area contributed by atoms with Gasteiger partial charge >= 0.3 is 0 Å². The normalized spacial score (nSPS) is 29.8. The van der Waals surface area contributed by atoms with Crippen LogP contribution >= 0.6 is 0 Å². The summed E-state index contributed by atoms with van der Waals surface area (Å²) in [5.41, 5.74) is 2.26. The summed E-state index contributed by atoms with van der Waals surface area (Å²) in [6.45, 7) is 10.9. The van der Waals surface area contributed by atoms with E-state index in [4.69, 9.17) is 0 Å². The number of aliphatic hydroxyl groups is 1. The van der Waals surface area contributed by atoms with E-state index in [1.54, 1.807) is 0 Å². The van der Waals surface area contributed by atoms with Crippen LogP contribution in [0.3, 0.4) is 0 Å².